The molecule has 2 aromatic heterocycles. The van der Waals surface area contributed by atoms with Gasteiger partial charge in [-0.05, 0) is 35.9 Å². The third-order valence-electron chi connectivity index (χ3n) is 5.19. The molecule has 0 aliphatic heterocycles. The molecular formula is C24H17N5O3. The van der Waals surface area contributed by atoms with E-state index in [1.54, 1.807) is 65.3 Å². The second-order valence-corrected chi connectivity index (χ2v) is 7.24. The SMILES string of the molecule is O=C(O)c1ccc(CNc2nc3ccc(C(=O)c4ccccc4)cc3n3cnnc23)cc1. The van der Waals surface area contributed by atoms with E-state index in [0.717, 1.165) is 11.1 Å². The van der Waals surface area contributed by atoms with Crippen LogP contribution >= 0.6 is 0 Å². The number of fused-ring (bicyclic) bond motifs is 3. The number of aromatic carboxylic acids is 1. The fourth-order valence-corrected chi connectivity index (χ4v) is 3.52. The van der Waals surface area contributed by atoms with E-state index < -0.39 is 5.97 Å². The molecule has 0 amide bonds. The van der Waals surface area contributed by atoms with Crippen LogP contribution in [-0.2, 0) is 6.54 Å². The summed E-state index contributed by atoms with van der Waals surface area (Å²) in [4.78, 5) is 28.5. The number of carboxylic acid groups (broad SMARTS) is 1. The number of benzene rings is 3. The number of nitrogens with zero attached hydrogens (tertiary/aromatic N) is 4. The fourth-order valence-electron chi connectivity index (χ4n) is 3.52. The Bertz CT molecular complexity index is 1460. The first-order valence-electron chi connectivity index (χ1n) is 9.89. The Labute approximate surface area is 182 Å². The summed E-state index contributed by atoms with van der Waals surface area (Å²) in [5.74, 6) is -0.490. The van der Waals surface area contributed by atoms with E-state index in [1.807, 2.05) is 18.2 Å². The summed E-state index contributed by atoms with van der Waals surface area (Å²) < 4.78 is 1.79. The molecule has 8 heteroatoms. The second-order valence-electron chi connectivity index (χ2n) is 7.24. The summed E-state index contributed by atoms with van der Waals surface area (Å²) in [6.07, 6.45) is 1.59. The van der Waals surface area contributed by atoms with Crippen molar-refractivity contribution in [3.8, 4) is 0 Å². The second kappa shape index (κ2) is 7.92. The highest BCUT2D eigenvalue weighted by Crippen LogP contribution is 2.23. The molecule has 3 aromatic carbocycles. The fraction of sp³-hybridized carbons (Fsp3) is 0.0417. The van der Waals surface area contributed by atoms with Gasteiger partial charge in [0.05, 0.1) is 16.6 Å². The van der Waals surface area contributed by atoms with E-state index >= 15 is 0 Å². The van der Waals surface area contributed by atoms with Crippen LogP contribution in [-0.4, -0.2) is 36.4 Å². The molecular weight excluding hydrogens is 406 g/mol. The van der Waals surface area contributed by atoms with E-state index in [-0.39, 0.29) is 11.3 Å². The molecule has 0 atom stereocenters. The van der Waals surface area contributed by atoms with Crippen LogP contribution in [0.15, 0.2) is 79.1 Å². The Morgan fingerprint density at radius 3 is 2.41 bits per heavy atom. The van der Waals surface area contributed by atoms with E-state index in [1.165, 1.54) is 0 Å². The van der Waals surface area contributed by atoms with Crippen LogP contribution in [0.1, 0.15) is 31.8 Å². The van der Waals surface area contributed by atoms with E-state index in [2.05, 4.69) is 20.5 Å². The van der Waals surface area contributed by atoms with Crippen molar-refractivity contribution in [2.45, 2.75) is 6.54 Å². The molecule has 8 nitrogen and oxygen atoms in total. The van der Waals surface area contributed by atoms with E-state index in [0.29, 0.717) is 34.7 Å². The Balaban J connectivity index is 1.48. The molecule has 2 heterocycles. The largest absolute Gasteiger partial charge is 0.478 e. The number of carbonyl (C=O) groups excluding carboxylic acids is 1. The predicted molar refractivity (Wildman–Crippen MR) is 119 cm³/mol. The van der Waals surface area contributed by atoms with Gasteiger partial charge >= 0.3 is 5.97 Å². The smallest absolute Gasteiger partial charge is 0.335 e. The van der Waals surface area contributed by atoms with Crippen molar-refractivity contribution in [3.63, 3.8) is 0 Å². The first-order valence-corrected chi connectivity index (χ1v) is 9.89. The molecule has 2 N–H and O–H groups in total. The lowest BCUT2D eigenvalue weighted by Crippen LogP contribution is -2.06. The number of carbonyl (C=O) groups is 2. The molecule has 156 valence electrons. The van der Waals surface area contributed by atoms with Gasteiger partial charge in [0.1, 0.15) is 6.33 Å². The molecule has 0 unspecified atom stereocenters. The van der Waals surface area contributed by atoms with Crippen LogP contribution in [0.5, 0.6) is 0 Å². The molecule has 5 rings (SSSR count). The van der Waals surface area contributed by atoms with Gasteiger partial charge in [-0.25, -0.2) is 9.78 Å². The predicted octanol–water partition coefficient (Wildman–Crippen LogP) is 3.82. The first-order chi connectivity index (χ1) is 15.6. The van der Waals surface area contributed by atoms with Crippen molar-refractivity contribution in [1.29, 1.82) is 0 Å². The van der Waals surface area contributed by atoms with Crippen molar-refractivity contribution >= 4 is 34.3 Å². The normalized spacial score (nSPS) is 11.0. The Kier molecular flexibility index (Phi) is 4.79. The standard InChI is InChI=1S/C24H17N5O3/c30-21(16-4-2-1-3-5-16)18-10-11-19-20(12-18)29-14-26-28-23(29)22(27-19)25-13-15-6-8-17(9-7-15)24(31)32/h1-12,14H,13H2,(H,25,27)(H,31,32). The van der Waals surface area contributed by atoms with Gasteiger partial charge in [0.15, 0.2) is 11.6 Å². The lowest BCUT2D eigenvalue weighted by atomic mass is 10.0. The Hall–Kier alpha value is -4.59. The average molecular weight is 423 g/mol. The lowest BCUT2D eigenvalue weighted by Gasteiger charge is -2.10. The summed E-state index contributed by atoms with van der Waals surface area (Å²) in [7, 11) is 0. The molecule has 0 fully saturated rings. The van der Waals surface area contributed by atoms with Gasteiger partial charge in [-0.15, -0.1) is 10.2 Å². The lowest BCUT2D eigenvalue weighted by molar-refractivity contribution is 0.0696. The number of hydrogen-bond donors (Lipinski definition) is 2. The van der Waals surface area contributed by atoms with Crippen molar-refractivity contribution in [3.05, 3.63) is 101 Å². The van der Waals surface area contributed by atoms with Crippen LogP contribution in [0, 0.1) is 0 Å². The maximum absolute atomic E-state index is 12.8. The number of ketones is 1. The summed E-state index contributed by atoms with van der Waals surface area (Å²) >= 11 is 0. The number of hydrogen-bond acceptors (Lipinski definition) is 6. The first kappa shape index (κ1) is 19.4. The highest BCUT2D eigenvalue weighted by Gasteiger charge is 2.14. The van der Waals surface area contributed by atoms with E-state index in [4.69, 9.17) is 5.11 Å². The molecule has 5 aromatic rings. The third-order valence-corrected chi connectivity index (χ3v) is 5.19. The maximum atomic E-state index is 12.8. The highest BCUT2D eigenvalue weighted by molar-refractivity contribution is 6.10. The van der Waals surface area contributed by atoms with Crippen LogP contribution in [0.3, 0.4) is 0 Å². The van der Waals surface area contributed by atoms with Crippen molar-refractivity contribution in [2.24, 2.45) is 0 Å². The third kappa shape index (κ3) is 3.54. The molecule has 0 radical (unpaired) electrons. The van der Waals surface area contributed by atoms with Gasteiger partial charge in [-0.1, -0.05) is 42.5 Å². The minimum absolute atomic E-state index is 0.0688. The molecule has 0 spiro atoms. The minimum atomic E-state index is -0.962. The van der Waals surface area contributed by atoms with Crippen LogP contribution < -0.4 is 5.32 Å². The van der Waals surface area contributed by atoms with Gasteiger partial charge < -0.3 is 10.4 Å². The molecule has 0 aliphatic carbocycles. The van der Waals surface area contributed by atoms with Crippen LogP contribution in [0.25, 0.3) is 16.7 Å². The molecule has 32 heavy (non-hydrogen) atoms. The maximum Gasteiger partial charge on any atom is 0.335 e. The highest BCUT2D eigenvalue weighted by atomic mass is 16.4. The molecule has 0 saturated carbocycles. The van der Waals surface area contributed by atoms with Gasteiger partial charge in [0.25, 0.3) is 0 Å². The van der Waals surface area contributed by atoms with Gasteiger partial charge in [-0.2, -0.15) is 0 Å². The topological polar surface area (TPSA) is 109 Å². The van der Waals surface area contributed by atoms with Crippen molar-refractivity contribution in [2.75, 3.05) is 5.32 Å². The van der Waals surface area contributed by atoms with Gasteiger partial charge in [0.2, 0.25) is 5.65 Å². The average Bonchev–Trinajstić information content (AvgIpc) is 3.33. The summed E-state index contributed by atoms with van der Waals surface area (Å²) in [5, 5.41) is 20.5. The Morgan fingerprint density at radius 1 is 0.906 bits per heavy atom. The zero-order valence-electron chi connectivity index (χ0n) is 16.8. The van der Waals surface area contributed by atoms with E-state index in [9.17, 15) is 9.59 Å². The van der Waals surface area contributed by atoms with Gasteiger partial charge in [-0.3, -0.25) is 9.20 Å². The summed E-state index contributed by atoms with van der Waals surface area (Å²) in [5.41, 5.74) is 4.25. The summed E-state index contributed by atoms with van der Waals surface area (Å²) in [6, 6.07) is 21.1. The summed E-state index contributed by atoms with van der Waals surface area (Å²) in [6.45, 7) is 0.436. The number of nitrogens with one attached hydrogen (secondary N) is 1. The molecule has 0 aliphatic rings. The van der Waals surface area contributed by atoms with Crippen molar-refractivity contribution < 1.29 is 14.7 Å². The number of anilines is 1. The number of carboxylic acids is 1. The van der Waals surface area contributed by atoms with Crippen LogP contribution in [0.4, 0.5) is 5.82 Å². The zero-order valence-corrected chi connectivity index (χ0v) is 16.8. The Morgan fingerprint density at radius 2 is 1.66 bits per heavy atom. The monoisotopic (exact) mass is 423 g/mol. The molecule has 0 saturated heterocycles. The van der Waals surface area contributed by atoms with Crippen molar-refractivity contribution in [1.82, 2.24) is 19.6 Å². The quantitative estimate of drug-likeness (QED) is 0.400. The number of rotatable bonds is 6. The molecule has 0 bridgehead atoms. The number of aromatic nitrogens is 4. The van der Waals surface area contributed by atoms with Crippen LogP contribution in [0.2, 0.25) is 0 Å². The minimum Gasteiger partial charge on any atom is -0.478 e. The zero-order chi connectivity index (χ0) is 22.1. The van der Waals surface area contributed by atoms with Gasteiger partial charge in [0, 0.05) is 17.7 Å².